The van der Waals surface area contributed by atoms with Crippen LogP contribution in [0.4, 0.5) is 11.4 Å². The Morgan fingerprint density at radius 3 is 2.55 bits per heavy atom. The third-order valence-corrected chi connectivity index (χ3v) is 6.70. The summed E-state index contributed by atoms with van der Waals surface area (Å²) >= 11 is 0. The van der Waals surface area contributed by atoms with E-state index in [9.17, 15) is 14.4 Å². The Kier molecular flexibility index (Phi) is 9.24. The highest BCUT2D eigenvalue weighted by Crippen LogP contribution is 2.26. The lowest BCUT2D eigenvalue weighted by atomic mass is 10.0. The number of esters is 1. The normalized spacial score (nSPS) is 15.3. The molecule has 10 nitrogen and oxygen atoms in total. The van der Waals surface area contributed by atoms with Crippen LogP contribution in [0.3, 0.4) is 0 Å². The highest BCUT2D eigenvalue weighted by atomic mass is 16.6. The Balaban J connectivity index is 1.35. The van der Waals surface area contributed by atoms with Crippen molar-refractivity contribution >= 4 is 40.1 Å². The SMILES string of the molecule is COCCCN1CCN(c2ccc(C[C@H](N)C(=O)Nc3cccc4[nH]c(C(=O)OC(C)(C)C)cc34)cc2)C(=O)C1. The zero-order valence-electron chi connectivity index (χ0n) is 23.7. The zero-order chi connectivity index (χ0) is 28.9. The van der Waals surface area contributed by atoms with Crippen LogP contribution in [0.2, 0.25) is 0 Å². The van der Waals surface area contributed by atoms with Crippen molar-refractivity contribution in [1.82, 2.24) is 9.88 Å². The number of carbonyl (C=O) groups is 3. The molecule has 2 aromatic carbocycles. The highest BCUT2D eigenvalue weighted by Gasteiger charge is 2.25. The van der Waals surface area contributed by atoms with Crippen LogP contribution in [0.5, 0.6) is 0 Å². The molecule has 0 radical (unpaired) electrons. The molecule has 0 aliphatic carbocycles. The molecule has 4 N–H and O–H groups in total. The lowest BCUT2D eigenvalue weighted by Crippen LogP contribution is -2.50. The number of hydrogen-bond donors (Lipinski definition) is 3. The van der Waals surface area contributed by atoms with Crippen molar-refractivity contribution < 1.29 is 23.9 Å². The lowest BCUT2D eigenvalue weighted by molar-refractivity contribution is -0.121. The Bertz CT molecular complexity index is 1340. The smallest absolute Gasteiger partial charge is 0.355 e. The van der Waals surface area contributed by atoms with Gasteiger partial charge in [0, 0.05) is 49.9 Å². The molecule has 1 saturated heterocycles. The number of aromatic amines is 1. The van der Waals surface area contributed by atoms with E-state index < -0.39 is 17.6 Å². The number of aromatic nitrogens is 1. The fraction of sp³-hybridized carbons (Fsp3) is 0.433. The molecule has 1 aliphatic rings. The Morgan fingerprint density at radius 1 is 1.12 bits per heavy atom. The van der Waals surface area contributed by atoms with Crippen molar-refractivity contribution in [3.8, 4) is 0 Å². The van der Waals surface area contributed by atoms with E-state index in [1.54, 1.807) is 51.0 Å². The van der Waals surface area contributed by atoms with Crippen molar-refractivity contribution in [2.45, 2.75) is 45.3 Å². The number of fused-ring (bicyclic) bond motifs is 1. The van der Waals surface area contributed by atoms with E-state index in [0.717, 1.165) is 30.8 Å². The number of hydrogen-bond acceptors (Lipinski definition) is 7. The molecule has 0 saturated carbocycles. The minimum Gasteiger partial charge on any atom is -0.455 e. The van der Waals surface area contributed by atoms with E-state index in [1.165, 1.54) is 0 Å². The standard InChI is InChI=1S/C30H39N5O5/c1-30(2,3)40-29(38)26-18-22-24(32-26)7-5-8-25(22)33-28(37)23(31)17-20-9-11-21(12-10-20)35-15-14-34(19-27(35)36)13-6-16-39-4/h5,7-12,18,23,32H,6,13-17,19,31H2,1-4H3,(H,33,37)/t23-/m0/s1. The molecule has 4 rings (SSSR count). The molecular weight excluding hydrogens is 510 g/mol. The fourth-order valence-corrected chi connectivity index (χ4v) is 4.71. The molecule has 40 heavy (non-hydrogen) atoms. The second-order valence-corrected chi connectivity index (χ2v) is 11.1. The van der Waals surface area contributed by atoms with E-state index in [-0.39, 0.29) is 11.8 Å². The number of amides is 2. The zero-order valence-corrected chi connectivity index (χ0v) is 23.7. The van der Waals surface area contributed by atoms with Gasteiger partial charge in [0.2, 0.25) is 11.8 Å². The van der Waals surface area contributed by atoms with Crippen molar-refractivity contribution in [3.63, 3.8) is 0 Å². The summed E-state index contributed by atoms with van der Waals surface area (Å²) in [7, 11) is 1.68. The van der Waals surface area contributed by atoms with Gasteiger partial charge < -0.3 is 30.4 Å². The van der Waals surface area contributed by atoms with Gasteiger partial charge in [-0.05, 0) is 69.5 Å². The Hall–Kier alpha value is -3.73. The van der Waals surface area contributed by atoms with Crippen LogP contribution in [0, 0.1) is 0 Å². The monoisotopic (exact) mass is 549 g/mol. The van der Waals surface area contributed by atoms with Crippen molar-refractivity contribution in [3.05, 3.63) is 59.8 Å². The first kappa shape index (κ1) is 29.3. The summed E-state index contributed by atoms with van der Waals surface area (Å²) in [6.07, 6.45) is 1.24. The van der Waals surface area contributed by atoms with Gasteiger partial charge in [0.15, 0.2) is 0 Å². The van der Waals surface area contributed by atoms with Gasteiger partial charge in [0.05, 0.1) is 18.3 Å². The van der Waals surface area contributed by atoms with Crippen molar-refractivity contribution in [2.24, 2.45) is 5.73 Å². The van der Waals surface area contributed by atoms with Crippen LogP contribution in [-0.2, 0) is 25.5 Å². The molecule has 0 spiro atoms. The van der Waals surface area contributed by atoms with E-state index >= 15 is 0 Å². The van der Waals surface area contributed by atoms with Gasteiger partial charge in [0.1, 0.15) is 11.3 Å². The summed E-state index contributed by atoms with van der Waals surface area (Å²) in [6, 6.07) is 13.9. The van der Waals surface area contributed by atoms with Crippen LogP contribution in [-0.4, -0.2) is 79.2 Å². The molecule has 1 aliphatic heterocycles. The van der Waals surface area contributed by atoms with Gasteiger partial charge in [-0.2, -0.15) is 0 Å². The predicted octanol–water partition coefficient (Wildman–Crippen LogP) is 3.32. The number of carbonyl (C=O) groups excluding carboxylic acids is 3. The molecule has 0 bridgehead atoms. The average molecular weight is 550 g/mol. The number of piperazine rings is 1. The van der Waals surface area contributed by atoms with Gasteiger partial charge in [-0.1, -0.05) is 18.2 Å². The number of rotatable bonds is 10. The van der Waals surface area contributed by atoms with Crippen LogP contribution in [0.25, 0.3) is 10.9 Å². The van der Waals surface area contributed by atoms with Gasteiger partial charge in [-0.15, -0.1) is 0 Å². The predicted molar refractivity (Wildman–Crippen MR) is 156 cm³/mol. The summed E-state index contributed by atoms with van der Waals surface area (Å²) in [5, 5.41) is 3.59. The molecule has 2 heterocycles. The molecule has 1 fully saturated rings. The van der Waals surface area contributed by atoms with E-state index in [2.05, 4.69) is 15.2 Å². The number of methoxy groups -OCH3 is 1. The first-order chi connectivity index (χ1) is 19.0. The van der Waals surface area contributed by atoms with Gasteiger partial charge in [-0.25, -0.2) is 4.79 Å². The van der Waals surface area contributed by atoms with E-state index in [1.807, 2.05) is 30.3 Å². The van der Waals surface area contributed by atoms with Gasteiger partial charge in [0.25, 0.3) is 0 Å². The van der Waals surface area contributed by atoms with Crippen LogP contribution >= 0.6 is 0 Å². The van der Waals surface area contributed by atoms with Gasteiger partial charge in [-0.3, -0.25) is 14.5 Å². The summed E-state index contributed by atoms with van der Waals surface area (Å²) < 4.78 is 10.5. The van der Waals surface area contributed by atoms with Crippen LogP contribution in [0.15, 0.2) is 48.5 Å². The Labute approximate surface area is 234 Å². The number of nitrogens with one attached hydrogen (secondary N) is 2. The lowest BCUT2D eigenvalue weighted by Gasteiger charge is -2.34. The van der Waals surface area contributed by atoms with Gasteiger partial charge >= 0.3 is 5.97 Å². The average Bonchev–Trinajstić information content (AvgIpc) is 3.34. The number of benzene rings is 2. The molecule has 10 heteroatoms. The minimum absolute atomic E-state index is 0.0706. The Morgan fingerprint density at radius 2 is 1.88 bits per heavy atom. The number of anilines is 2. The third-order valence-electron chi connectivity index (χ3n) is 6.70. The molecule has 1 atom stereocenters. The highest BCUT2D eigenvalue weighted by molar-refractivity contribution is 6.05. The van der Waals surface area contributed by atoms with Crippen molar-refractivity contribution in [1.29, 1.82) is 0 Å². The van der Waals surface area contributed by atoms with Crippen molar-refractivity contribution in [2.75, 3.05) is 50.1 Å². The summed E-state index contributed by atoms with van der Waals surface area (Å²) in [5.41, 5.74) is 8.93. The fourth-order valence-electron chi connectivity index (χ4n) is 4.71. The first-order valence-corrected chi connectivity index (χ1v) is 13.6. The maximum Gasteiger partial charge on any atom is 0.355 e. The molecule has 3 aromatic rings. The number of nitrogens with zero attached hydrogens (tertiary/aromatic N) is 2. The quantitative estimate of drug-likeness (QED) is 0.261. The maximum atomic E-state index is 13.0. The summed E-state index contributed by atoms with van der Waals surface area (Å²) in [6.45, 7) is 8.79. The number of nitrogens with two attached hydrogens (primary N) is 1. The largest absolute Gasteiger partial charge is 0.455 e. The molecule has 0 unspecified atom stereocenters. The second-order valence-electron chi connectivity index (χ2n) is 11.1. The molecule has 214 valence electrons. The third kappa shape index (κ3) is 7.47. The number of H-pyrrole nitrogens is 1. The van der Waals surface area contributed by atoms with Crippen LogP contribution < -0.4 is 16.0 Å². The molecular formula is C30H39N5O5. The van der Waals surface area contributed by atoms with E-state index in [0.29, 0.717) is 48.4 Å². The number of ether oxygens (including phenoxy) is 2. The minimum atomic E-state index is -0.789. The maximum absolute atomic E-state index is 13.0. The first-order valence-electron chi connectivity index (χ1n) is 13.6. The summed E-state index contributed by atoms with van der Waals surface area (Å²) in [5.74, 6) is -0.732. The van der Waals surface area contributed by atoms with Crippen LogP contribution in [0.1, 0.15) is 43.2 Å². The van der Waals surface area contributed by atoms with E-state index in [4.69, 9.17) is 15.2 Å². The second kappa shape index (κ2) is 12.6. The molecule has 2 amide bonds. The molecule has 1 aromatic heterocycles. The summed E-state index contributed by atoms with van der Waals surface area (Å²) in [4.78, 5) is 45.2. The topological polar surface area (TPSA) is 130 Å².